The molecule has 10 nitrogen and oxygen atoms in total. The highest BCUT2D eigenvalue weighted by atomic mass is 19.2. The second-order valence-electron chi connectivity index (χ2n) is 7.83. The topological polar surface area (TPSA) is 139 Å². The van der Waals surface area contributed by atoms with Crippen molar-refractivity contribution in [2.24, 2.45) is 5.92 Å². The number of nitrogens with one attached hydrogen (secondary N) is 2. The number of aryl methyl sites for hydroxylation is 1. The van der Waals surface area contributed by atoms with Gasteiger partial charge < -0.3 is 24.9 Å². The normalized spacial score (nSPS) is 17.7. The van der Waals surface area contributed by atoms with Crippen LogP contribution in [-0.2, 0) is 4.79 Å². The number of aromatic nitrogens is 3. The number of hydrogen-bond donors (Lipinski definition) is 3. The van der Waals surface area contributed by atoms with E-state index in [0.29, 0.717) is 42.9 Å². The number of aliphatic carboxylic acids is 1. The molecule has 3 aromatic rings. The Balaban J connectivity index is 1.34. The van der Waals surface area contributed by atoms with E-state index in [4.69, 9.17) is 14.3 Å². The van der Waals surface area contributed by atoms with E-state index in [2.05, 4.69) is 25.8 Å². The Morgan fingerprint density at radius 3 is 2.53 bits per heavy atom. The summed E-state index contributed by atoms with van der Waals surface area (Å²) in [6, 6.07) is 6.18. The summed E-state index contributed by atoms with van der Waals surface area (Å²) in [5.41, 5.74) is 1.06. The van der Waals surface area contributed by atoms with Crippen molar-refractivity contribution in [3.8, 4) is 5.88 Å². The molecule has 0 unspecified atom stereocenters. The minimum absolute atomic E-state index is 0.109. The first-order valence-corrected chi connectivity index (χ1v) is 10.5. The minimum atomic E-state index is -1.05. The largest absolute Gasteiger partial charge is 0.481 e. The second-order valence-corrected chi connectivity index (χ2v) is 7.83. The maximum absolute atomic E-state index is 13.3. The number of halogens is 2. The van der Waals surface area contributed by atoms with Crippen molar-refractivity contribution in [1.29, 1.82) is 0 Å². The van der Waals surface area contributed by atoms with E-state index in [0.717, 1.165) is 12.1 Å². The number of carbonyl (C=O) groups is 2. The number of pyridine rings is 1. The summed E-state index contributed by atoms with van der Waals surface area (Å²) in [4.78, 5) is 27.9. The standard InChI is InChI=1S/C22H21F2N5O5/c1-11-17(8-9-18(25-11)33-14-5-2-12(3-6-14)21(31)32)27-19(30)20-28-29-22(34-20)26-13-4-7-15(23)16(24)10-13/h4,7-10,12,14H,2-3,5-6H2,1H3,(H,26,29)(H,27,30)(H,31,32)/t12-,14-. The molecule has 0 atom stereocenters. The van der Waals surface area contributed by atoms with Crippen LogP contribution in [-0.4, -0.2) is 38.3 Å². The lowest BCUT2D eigenvalue weighted by Gasteiger charge is -2.26. The van der Waals surface area contributed by atoms with Crippen molar-refractivity contribution >= 4 is 29.3 Å². The Morgan fingerprint density at radius 2 is 1.85 bits per heavy atom. The van der Waals surface area contributed by atoms with Gasteiger partial charge in [-0.3, -0.25) is 9.59 Å². The lowest BCUT2D eigenvalue weighted by molar-refractivity contribution is -0.143. The third-order valence-electron chi connectivity index (χ3n) is 5.41. The quantitative estimate of drug-likeness (QED) is 0.463. The molecule has 0 saturated heterocycles. The molecule has 0 spiro atoms. The molecule has 1 aliphatic carbocycles. The monoisotopic (exact) mass is 473 g/mol. The van der Waals surface area contributed by atoms with Crippen molar-refractivity contribution < 1.29 is 32.6 Å². The molecule has 1 fully saturated rings. The third kappa shape index (κ3) is 5.45. The molecule has 3 N–H and O–H groups in total. The van der Waals surface area contributed by atoms with E-state index in [9.17, 15) is 18.4 Å². The Hall–Kier alpha value is -4.09. The molecule has 34 heavy (non-hydrogen) atoms. The number of carboxylic acid groups (broad SMARTS) is 1. The summed E-state index contributed by atoms with van der Waals surface area (Å²) in [5.74, 6) is -3.81. The van der Waals surface area contributed by atoms with Crippen LogP contribution in [0.3, 0.4) is 0 Å². The number of ether oxygens (including phenoxy) is 1. The van der Waals surface area contributed by atoms with Gasteiger partial charge in [-0.2, -0.15) is 0 Å². The molecule has 0 aliphatic heterocycles. The van der Waals surface area contributed by atoms with Gasteiger partial charge in [0.15, 0.2) is 11.6 Å². The summed E-state index contributed by atoms with van der Waals surface area (Å²) in [7, 11) is 0. The molecule has 0 bridgehead atoms. The van der Waals surface area contributed by atoms with Gasteiger partial charge in [-0.25, -0.2) is 13.8 Å². The molecule has 2 heterocycles. The Labute approximate surface area is 192 Å². The van der Waals surface area contributed by atoms with Gasteiger partial charge in [-0.1, -0.05) is 5.10 Å². The molecule has 1 saturated carbocycles. The molecule has 1 aromatic carbocycles. The lowest BCUT2D eigenvalue weighted by atomic mass is 9.87. The molecular weight excluding hydrogens is 452 g/mol. The summed E-state index contributed by atoms with van der Waals surface area (Å²) in [6.07, 6.45) is 2.28. The van der Waals surface area contributed by atoms with Crippen molar-refractivity contribution in [2.45, 2.75) is 38.7 Å². The van der Waals surface area contributed by atoms with Crippen LogP contribution in [0.4, 0.5) is 26.2 Å². The molecule has 1 amide bonds. The fourth-order valence-electron chi connectivity index (χ4n) is 3.57. The first-order valence-electron chi connectivity index (χ1n) is 10.5. The number of carbonyl (C=O) groups excluding carboxylic acids is 1. The number of rotatable bonds is 7. The Morgan fingerprint density at radius 1 is 1.09 bits per heavy atom. The predicted molar refractivity (Wildman–Crippen MR) is 115 cm³/mol. The summed E-state index contributed by atoms with van der Waals surface area (Å²) < 4.78 is 37.4. The van der Waals surface area contributed by atoms with Gasteiger partial charge in [0.1, 0.15) is 6.10 Å². The van der Waals surface area contributed by atoms with E-state index in [1.807, 2.05) is 0 Å². The van der Waals surface area contributed by atoms with E-state index >= 15 is 0 Å². The lowest BCUT2D eigenvalue weighted by Crippen LogP contribution is -2.28. The van der Waals surface area contributed by atoms with Crippen LogP contribution in [0.15, 0.2) is 34.7 Å². The van der Waals surface area contributed by atoms with Crippen molar-refractivity contribution in [3.63, 3.8) is 0 Å². The van der Waals surface area contributed by atoms with Gasteiger partial charge in [0.2, 0.25) is 5.88 Å². The minimum Gasteiger partial charge on any atom is -0.481 e. The zero-order valence-corrected chi connectivity index (χ0v) is 18.0. The third-order valence-corrected chi connectivity index (χ3v) is 5.41. The van der Waals surface area contributed by atoms with Crippen LogP contribution < -0.4 is 15.4 Å². The predicted octanol–water partition coefficient (Wildman–Crippen LogP) is 4.07. The van der Waals surface area contributed by atoms with E-state index in [1.54, 1.807) is 19.1 Å². The summed E-state index contributed by atoms with van der Waals surface area (Å²) in [5, 5.41) is 21.6. The van der Waals surface area contributed by atoms with Crippen LogP contribution in [0.25, 0.3) is 0 Å². The average Bonchev–Trinajstić information content (AvgIpc) is 3.27. The fourth-order valence-corrected chi connectivity index (χ4v) is 3.57. The summed E-state index contributed by atoms with van der Waals surface area (Å²) >= 11 is 0. The number of benzene rings is 1. The first-order chi connectivity index (χ1) is 16.3. The van der Waals surface area contributed by atoms with Crippen molar-refractivity contribution in [3.05, 3.63) is 53.6 Å². The van der Waals surface area contributed by atoms with Crippen molar-refractivity contribution in [2.75, 3.05) is 10.6 Å². The van der Waals surface area contributed by atoms with Crippen LogP contribution in [0.2, 0.25) is 0 Å². The van der Waals surface area contributed by atoms with Crippen LogP contribution >= 0.6 is 0 Å². The van der Waals surface area contributed by atoms with Crippen LogP contribution in [0.1, 0.15) is 42.1 Å². The van der Waals surface area contributed by atoms with E-state index in [-0.39, 0.29) is 29.6 Å². The molecule has 178 valence electrons. The number of carboxylic acids is 1. The first kappa shape index (κ1) is 23.1. The maximum Gasteiger partial charge on any atom is 0.320 e. The fraction of sp³-hybridized carbons (Fsp3) is 0.318. The zero-order chi connectivity index (χ0) is 24.2. The highest BCUT2D eigenvalue weighted by molar-refractivity contribution is 6.01. The average molecular weight is 473 g/mol. The number of amides is 1. The van der Waals surface area contributed by atoms with E-state index in [1.165, 1.54) is 6.07 Å². The summed E-state index contributed by atoms with van der Waals surface area (Å²) in [6.45, 7) is 1.69. The number of nitrogens with zero attached hydrogens (tertiary/aromatic N) is 3. The van der Waals surface area contributed by atoms with Gasteiger partial charge in [-0.15, -0.1) is 5.10 Å². The van der Waals surface area contributed by atoms with Crippen LogP contribution in [0, 0.1) is 24.5 Å². The SMILES string of the molecule is Cc1nc(O[C@H]2CC[C@H](C(=O)O)CC2)ccc1NC(=O)c1nnc(Nc2ccc(F)c(F)c2)o1. The van der Waals surface area contributed by atoms with Gasteiger partial charge >= 0.3 is 23.8 Å². The van der Waals surface area contributed by atoms with Crippen molar-refractivity contribution in [1.82, 2.24) is 15.2 Å². The Bertz CT molecular complexity index is 1210. The zero-order valence-electron chi connectivity index (χ0n) is 18.0. The van der Waals surface area contributed by atoms with Gasteiger partial charge in [0.25, 0.3) is 0 Å². The highest BCUT2D eigenvalue weighted by Crippen LogP contribution is 2.28. The molecule has 4 rings (SSSR count). The second kappa shape index (κ2) is 9.81. The van der Waals surface area contributed by atoms with Gasteiger partial charge in [-0.05, 0) is 50.8 Å². The van der Waals surface area contributed by atoms with Gasteiger partial charge in [0.05, 0.1) is 17.3 Å². The smallest absolute Gasteiger partial charge is 0.320 e. The van der Waals surface area contributed by atoms with E-state index < -0.39 is 23.5 Å². The number of anilines is 3. The maximum atomic E-state index is 13.3. The highest BCUT2D eigenvalue weighted by Gasteiger charge is 2.27. The molecule has 2 aromatic heterocycles. The molecule has 0 radical (unpaired) electrons. The molecule has 12 heteroatoms. The van der Waals surface area contributed by atoms with Crippen LogP contribution in [0.5, 0.6) is 5.88 Å². The van der Waals surface area contributed by atoms with Gasteiger partial charge in [0, 0.05) is 17.8 Å². The number of hydrogen-bond acceptors (Lipinski definition) is 8. The molecule has 1 aliphatic rings. The molecular formula is C22H21F2N5O5. The Kier molecular flexibility index (Phi) is 6.66.